The van der Waals surface area contributed by atoms with Gasteiger partial charge in [0.2, 0.25) is 0 Å². The molecule has 2 fully saturated rings. The van der Waals surface area contributed by atoms with E-state index in [1.807, 2.05) is 0 Å². The van der Waals surface area contributed by atoms with Crippen molar-refractivity contribution in [2.24, 2.45) is 0 Å². The molecule has 0 amide bonds. The zero-order chi connectivity index (χ0) is 15.4. The van der Waals surface area contributed by atoms with Crippen molar-refractivity contribution in [3.05, 3.63) is 47.5 Å². The number of esters is 1. The monoisotopic (exact) mass is 299 g/mol. The van der Waals surface area contributed by atoms with Gasteiger partial charge in [-0.15, -0.1) is 0 Å². The summed E-state index contributed by atoms with van der Waals surface area (Å²) >= 11 is 0. The molecule has 2 atom stereocenters. The number of rotatable bonds is 4. The molecule has 0 spiro atoms. The zero-order valence-electron chi connectivity index (χ0n) is 13.3. The third kappa shape index (κ3) is 3.58. The Balaban J connectivity index is 1.67. The number of ether oxygens (including phenoxy) is 1. The van der Waals surface area contributed by atoms with Crippen LogP contribution in [0.5, 0.6) is 0 Å². The quantitative estimate of drug-likeness (QED) is 0.627. The van der Waals surface area contributed by atoms with Gasteiger partial charge in [0.25, 0.3) is 0 Å². The molecule has 1 aromatic carbocycles. The second-order valence-electron chi connectivity index (χ2n) is 6.45. The Morgan fingerprint density at radius 1 is 1.23 bits per heavy atom. The highest BCUT2D eigenvalue weighted by Gasteiger charge is 2.35. The first kappa shape index (κ1) is 15.3. The van der Waals surface area contributed by atoms with E-state index in [1.54, 1.807) is 0 Å². The fraction of sp³-hybridized carbons (Fsp3) is 0.526. The second kappa shape index (κ2) is 7.10. The molecule has 2 aliphatic heterocycles. The van der Waals surface area contributed by atoms with E-state index in [0.717, 1.165) is 19.4 Å². The number of carbonyl (C=O) groups excluding carboxylic acids is 1. The van der Waals surface area contributed by atoms with Gasteiger partial charge in [-0.05, 0) is 31.2 Å². The minimum Gasteiger partial charge on any atom is -0.469 e. The molecule has 2 unspecified atom stereocenters. The molecule has 2 bridgehead atoms. The molecular weight excluding hydrogens is 274 g/mol. The molecular formula is C19H25NO2. The van der Waals surface area contributed by atoms with E-state index in [2.05, 4.69) is 41.3 Å². The largest absolute Gasteiger partial charge is 0.469 e. The molecule has 0 aromatic heterocycles. The SMILES string of the molecule is COC(=O)CC=C1CC2CCCC(C1)N2Cc1ccccc1. The molecule has 1 aromatic rings. The predicted octanol–water partition coefficient (Wildman–Crippen LogP) is 3.69. The maximum atomic E-state index is 11.3. The van der Waals surface area contributed by atoms with Gasteiger partial charge in [0.15, 0.2) is 0 Å². The van der Waals surface area contributed by atoms with Crippen LogP contribution in [0.25, 0.3) is 0 Å². The van der Waals surface area contributed by atoms with Crippen LogP contribution in [0.1, 0.15) is 44.1 Å². The number of methoxy groups -OCH3 is 1. The predicted molar refractivity (Wildman–Crippen MR) is 87.4 cm³/mol. The number of fused-ring (bicyclic) bond motifs is 2. The molecule has 3 nitrogen and oxygen atoms in total. The van der Waals surface area contributed by atoms with Crippen LogP contribution < -0.4 is 0 Å². The van der Waals surface area contributed by atoms with Crippen LogP contribution in [0.15, 0.2) is 42.0 Å². The van der Waals surface area contributed by atoms with Gasteiger partial charge >= 0.3 is 5.97 Å². The van der Waals surface area contributed by atoms with E-state index in [0.29, 0.717) is 18.5 Å². The van der Waals surface area contributed by atoms with E-state index in [9.17, 15) is 4.79 Å². The molecule has 0 radical (unpaired) electrons. The lowest BCUT2D eigenvalue weighted by atomic mass is 9.81. The first-order valence-electron chi connectivity index (χ1n) is 8.30. The Morgan fingerprint density at radius 2 is 1.91 bits per heavy atom. The summed E-state index contributed by atoms with van der Waals surface area (Å²) in [6.45, 7) is 1.06. The maximum absolute atomic E-state index is 11.3. The van der Waals surface area contributed by atoms with Gasteiger partial charge in [-0.3, -0.25) is 9.69 Å². The first-order chi connectivity index (χ1) is 10.8. The topological polar surface area (TPSA) is 29.5 Å². The van der Waals surface area contributed by atoms with Crippen LogP contribution in [0.2, 0.25) is 0 Å². The summed E-state index contributed by atoms with van der Waals surface area (Å²) in [5.41, 5.74) is 2.85. The lowest BCUT2D eigenvalue weighted by Gasteiger charge is -2.47. The Hall–Kier alpha value is -1.61. The average Bonchev–Trinajstić information content (AvgIpc) is 2.54. The smallest absolute Gasteiger partial charge is 0.309 e. The van der Waals surface area contributed by atoms with Crippen LogP contribution >= 0.6 is 0 Å². The maximum Gasteiger partial charge on any atom is 0.309 e. The molecule has 2 heterocycles. The van der Waals surface area contributed by atoms with E-state index in [-0.39, 0.29) is 5.97 Å². The first-order valence-corrected chi connectivity index (χ1v) is 8.30. The van der Waals surface area contributed by atoms with Gasteiger partial charge in [0, 0.05) is 18.6 Å². The van der Waals surface area contributed by atoms with Crippen molar-refractivity contribution >= 4 is 5.97 Å². The molecule has 2 saturated heterocycles. The number of piperidine rings is 2. The van der Waals surface area contributed by atoms with Gasteiger partial charge in [-0.25, -0.2) is 0 Å². The minimum atomic E-state index is -0.135. The standard InChI is InChI=1S/C19H25NO2/c1-22-19(21)11-10-16-12-17-8-5-9-18(13-16)20(17)14-15-6-3-2-4-7-15/h2-4,6-7,10,17-18H,5,8-9,11-14H2,1H3. The normalized spacial score (nSPS) is 24.9. The summed E-state index contributed by atoms with van der Waals surface area (Å²) in [6, 6.07) is 12.0. The summed E-state index contributed by atoms with van der Waals surface area (Å²) in [5.74, 6) is -0.135. The Morgan fingerprint density at radius 3 is 2.55 bits per heavy atom. The number of hydrogen-bond donors (Lipinski definition) is 0. The van der Waals surface area contributed by atoms with Gasteiger partial charge in [0.1, 0.15) is 0 Å². The van der Waals surface area contributed by atoms with Crippen molar-refractivity contribution in [3.63, 3.8) is 0 Å². The third-order valence-electron chi connectivity index (χ3n) is 5.00. The highest BCUT2D eigenvalue weighted by atomic mass is 16.5. The lowest BCUT2D eigenvalue weighted by molar-refractivity contribution is -0.139. The van der Waals surface area contributed by atoms with E-state index in [4.69, 9.17) is 4.74 Å². The molecule has 118 valence electrons. The molecule has 22 heavy (non-hydrogen) atoms. The highest BCUT2D eigenvalue weighted by molar-refractivity contribution is 5.71. The summed E-state index contributed by atoms with van der Waals surface area (Å²) < 4.78 is 4.74. The van der Waals surface area contributed by atoms with E-state index >= 15 is 0 Å². The molecule has 3 rings (SSSR count). The minimum absolute atomic E-state index is 0.135. The van der Waals surface area contributed by atoms with Crippen LogP contribution in [0.4, 0.5) is 0 Å². The van der Waals surface area contributed by atoms with Crippen LogP contribution in [0, 0.1) is 0 Å². The number of hydrogen-bond acceptors (Lipinski definition) is 3. The fourth-order valence-corrected chi connectivity index (χ4v) is 3.88. The summed E-state index contributed by atoms with van der Waals surface area (Å²) in [4.78, 5) is 14.0. The molecule has 2 aliphatic rings. The average molecular weight is 299 g/mol. The second-order valence-corrected chi connectivity index (χ2v) is 6.45. The Kier molecular flexibility index (Phi) is 4.94. The number of nitrogens with zero attached hydrogens (tertiary/aromatic N) is 1. The van der Waals surface area contributed by atoms with Crippen molar-refractivity contribution in [3.8, 4) is 0 Å². The molecule has 0 aliphatic carbocycles. The highest BCUT2D eigenvalue weighted by Crippen LogP contribution is 2.37. The fourth-order valence-electron chi connectivity index (χ4n) is 3.88. The van der Waals surface area contributed by atoms with Crippen LogP contribution in [0.3, 0.4) is 0 Å². The van der Waals surface area contributed by atoms with Crippen molar-refractivity contribution in [2.45, 2.75) is 57.2 Å². The number of benzene rings is 1. The lowest BCUT2D eigenvalue weighted by Crippen LogP contribution is -2.49. The van der Waals surface area contributed by atoms with Crippen LogP contribution in [-0.4, -0.2) is 30.1 Å². The molecule has 3 heteroatoms. The number of carbonyl (C=O) groups is 1. The van der Waals surface area contributed by atoms with Crippen molar-refractivity contribution < 1.29 is 9.53 Å². The van der Waals surface area contributed by atoms with Crippen LogP contribution in [-0.2, 0) is 16.1 Å². The van der Waals surface area contributed by atoms with E-state index in [1.165, 1.54) is 37.5 Å². The summed E-state index contributed by atoms with van der Waals surface area (Å²) in [5, 5.41) is 0. The molecule has 0 N–H and O–H groups in total. The van der Waals surface area contributed by atoms with Gasteiger partial charge in [0.05, 0.1) is 13.5 Å². The van der Waals surface area contributed by atoms with Crippen molar-refractivity contribution in [1.29, 1.82) is 0 Å². The van der Waals surface area contributed by atoms with E-state index < -0.39 is 0 Å². The van der Waals surface area contributed by atoms with Gasteiger partial charge < -0.3 is 4.74 Å². The summed E-state index contributed by atoms with van der Waals surface area (Å²) in [7, 11) is 1.46. The Labute approximate surface area is 133 Å². The third-order valence-corrected chi connectivity index (χ3v) is 5.00. The summed E-state index contributed by atoms with van der Waals surface area (Å²) in [6.07, 6.45) is 8.64. The van der Waals surface area contributed by atoms with Crippen molar-refractivity contribution in [2.75, 3.05) is 7.11 Å². The van der Waals surface area contributed by atoms with Gasteiger partial charge in [-0.2, -0.15) is 0 Å². The Bertz CT molecular complexity index is 522. The molecule has 0 saturated carbocycles. The van der Waals surface area contributed by atoms with Crippen molar-refractivity contribution in [1.82, 2.24) is 4.90 Å². The van der Waals surface area contributed by atoms with Gasteiger partial charge in [-0.1, -0.05) is 48.4 Å². The zero-order valence-corrected chi connectivity index (χ0v) is 13.3.